The number of nitrogens with one attached hydrogen (secondary N) is 1. The first-order valence-electron chi connectivity index (χ1n) is 2.74. The van der Waals surface area contributed by atoms with Crippen LogP contribution in [0.15, 0.2) is 0 Å². The Hall–Kier alpha value is 1.30. The number of aliphatic hydroxyl groups is 1. The van der Waals surface area contributed by atoms with E-state index < -0.39 is 0 Å². The van der Waals surface area contributed by atoms with Gasteiger partial charge in [0.15, 0.2) is 0 Å². The zero-order valence-corrected chi connectivity index (χ0v) is 10.0. The normalized spacial score (nSPS) is 11.4. The highest BCUT2D eigenvalue weighted by atomic mass is 127. The molecule has 0 aliphatic carbocycles. The van der Waals surface area contributed by atoms with Gasteiger partial charge in [-0.1, -0.05) is 0 Å². The standard InChI is InChI=1S/C4H11I2N3O/c1-8(4-10)3-9(6)2-7-5/h7,10H,2-4H2,1H3. The molecule has 6 heteroatoms. The molecule has 0 saturated carbocycles. The molecule has 0 fully saturated rings. The second-order valence-corrected chi connectivity index (χ2v) is 4.02. The van der Waals surface area contributed by atoms with Crippen molar-refractivity contribution in [3.8, 4) is 0 Å². The highest BCUT2D eigenvalue weighted by molar-refractivity contribution is 14.1. The Bertz CT molecular complexity index is 84.9. The van der Waals surface area contributed by atoms with Crippen molar-refractivity contribution in [1.29, 1.82) is 0 Å². The fourth-order valence-electron chi connectivity index (χ4n) is 0.422. The van der Waals surface area contributed by atoms with Gasteiger partial charge in [-0.3, -0.25) is 4.90 Å². The van der Waals surface area contributed by atoms with Gasteiger partial charge in [0.1, 0.15) is 0 Å². The largest absolute Gasteiger partial charge is 0.381 e. The van der Waals surface area contributed by atoms with Crippen LogP contribution in [0, 0.1) is 0 Å². The molecular formula is C4H11I2N3O. The van der Waals surface area contributed by atoms with Crippen molar-refractivity contribution in [2.45, 2.75) is 0 Å². The van der Waals surface area contributed by atoms with Gasteiger partial charge in [-0.2, -0.15) is 0 Å². The maximum Gasteiger partial charge on any atom is 0.0964 e. The molecule has 0 saturated heterocycles. The minimum atomic E-state index is 0.0980. The fraction of sp³-hybridized carbons (Fsp3) is 1.00. The third-order valence-corrected chi connectivity index (χ3v) is 1.85. The van der Waals surface area contributed by atoms with Crippen LogP contribution in [0.1, 0.15) is 0 Å². The Balaban J connectivity index is 3.27. The van der Waals surface area contributed by atoms with Crippen molar-refractivity contribution >= 4 is 45.7 Å². The summed E-state index contributed by atoms with van der Waals surface area (Å²) in [5, 5.41) is 8.63. The molecule has 0 aliphatic rings. The van der Waals surface area contributed by atoms with E-state index in [2.05, 4.69) is 49.3 Å². The summed E-state index contributed by atoms with van der Waals surface area (Å²) in [6.07, 6.45) is 0. The lowest BCUT2D eigenvalue weighted by Crippen LogP contribution is -2.33. The zero-order chi connectivity index (χ0) is 7.98. The Morgan fingerprint density at radius 1 is 1.60 bits per heavy atom. The van der Waals surface area contributed by atoms with E-state index >= 15 is 0 Å². The van der Waals surface area contributed by atoms with Crippen molar-refractivity contribution in [2.24, 2.45) is 0 Å². The van der Waals surface area contributed by atoms with Crippen LogP contribution in [-0.2, 0) is 0 Å². The summed E-state index contributed by atoms with van der Waals surface area (Å²) in [5.74, 6) is 0. The Morgan fingerprint density at radius 3 is 2.60 bits per heavy atom. The van der Waals surface area contributed by atoms with Gasteiger partial charge in [0.05, 0.1) is 20.1 Å². The van der Waals surface area contributed by atoms with Crippen molar-refractivity contribution in [3.05, 3.63) is 0 Å². The monoisotopic (exact) mass is 371 g/mol. The summed E-state index contributed by atoms with van der Waals surface area (Å²) in [5.41, 5.74) is 0. The Morgan fingerprint density at radius 2 is 2.20 bits per heavy atom. The van der Waals surface area contributed by atoms with Crippen LogP contribution in [0.2, 0.25) is 0 Å². The molecule has 0 aromatic rings. The van der Waals surface area contributed by atoms with Crippen LogP contribution in [0.3, 0.4) is 0 Å². The third-order valence-electron chi connectivity index (χ3n) is 0.868. The molecule has 62 valence electrons. The van der Waals surface area contributed by atoms with Crippen LogP contribution in [0.25, 0.3) is 0 Å². The number of hydrogen-bond donors (Lipinski definition) is 2. The molecular weight excluding hydrogens is 360 g/mol. The molecule has 0 heterocycles. The molecule has 10 heavy (non-hydrogen) atoms. The molecule has 0 amide bonds. The van der Waals surface area contributed by atoms with Gasteiger partial charge in [0.2, 0.25) is 0 Å². The van der Waals surface area contributed by atoms with Crippen LogP contribution in [0.4, 0.5) is 0 Å². The highest BCUT2D eigenvalue weighted by Crippen LogP contribution is 1.97. The van der Waals surface area contributed by atoms with E-state index in [9.17, 15) is 0 Å². The smallest absolute Gasteiger partial charge is 0.0964 e. The topological polar surface area (TPSA) is 38.7 Å². The lowest BCUT2D eigenvalue weighted by molar-refractivity contribution is 0.108. The Labute approximate surface area is 88.9 Å². The van der Waals surface area contributed by atoms with Gasteiger partial charge in [-0.25, -0.2) is 6.64 Å². The predicted octanol–water partition coefficient (Wildman–Crippen LogP) is 0.375. The minimum absolute atomic E-state index is 0.0980. The average Bonchev–Trinajstić information content (AvgIpc) is 1.88. The van der Waals surface area contributed by atoms with Crippen LogP contribution in [0.5, 0.6) is 0 Å². The molecule has 4 nitrogen and oxygen atoms in total. The SMILES string of the molecule is CN(CO)CN(I)CNI. The Kier molecular flexibility index (Phi) is 7.88. The third kappa shape index (κ3) is 6.04. The van der Waals surface area contributed by atoms with Gasteiger partial charge in [0.25, 0.3) is 0 Å². The fourth-order valence-corrected chi connectivity index (χ4v) is 2.18. The summed E-state index contributed by atoms with van der Waals surface area (Å²) in [7, 11) is 1.86. The quantitative estimate of drug-likeness (QED) is 0.417. The number of aliphatic hydroxyl groups excluding tert-OH is 1. The van der Waals surface area contributed by atoms with Gasteiger partial charge in [-0.05, 0) is 7.05 Å². The predicted molar refractivity (Wildman–Crippen MR) is 57.6 cm³/mol. The summed E-state index contributed by atoms with van der Waals surface area (Å²) >= 11 is 4.28. The molecule has 0 bridgehead atoms. The summed E-state index contributed by atoms with van der Waals surface area (Å²) in [4.78, 5) is 1.81. The molecule has 0 spiro atoms. The first kappa shape index (κ1) is 11.3. The minimum Gasteiger partial charge on any atom is -0.381 e. The van der Waals surface area contributed by atoms with E-state index in [0.29, 0.717) is 0 Å². The first-order chi connectivity index (χ1) is 4.70. The molecule has 0 rings (SSSR count). The molecule has 0 aromatic heterocycles. The van der Waals surface area contributed by atoms with Gasteiger partial charge < -0.3 is 5.11 Å². The summed E-state index contributed by atoms with van der Waals surface area (Å²) < 4.78 is 5.01. The molecule has 0 atom stereocenters. The maximum absolute atomic E-state index is 8.63. The van der Waals surface area contributed by atoms with Crippen molar-refractivity contribution < 1.29 is 5.11 Å². The molecule has 2 N–H and O–H groups in total. The number of nitrogens with zero attached hydrogens (tertiary/aromatic N) is 2. The zero-order valence-electron chi connectivity index (χ0n) is 5.72. The lowest BCUT2D eigenvalue weighted by atomic mass is 10.8. The van der Waals surface area contributed by atoms with Crippen molar-refractivity contribution in [3.63, 3.8) is 0 Å². The molecule has 0 unspecified atom stereocenters. The summed E-state index contributed by atoms with van der Waals surface area (Å²) in [6.45, 7) is 1.67. The lowest BCUT2D eigenvalue weighted by Gasteiger charge is -2.19. The number of rotatable bonds is 5. The maximum atomic E-state index is 8.63. The van der Waals surface area contributed by atoms with Gasteiger partial charge in [-0.15, -0.1) is 0 Å². The number of halogens is 2. The van der Waals surface area contributed by atoms with Gasteiger partial charge in [0, 0.05) is 45.7 Å². The number of hydrogen-bond acceptors (Lipinski definition) is 4. The van der Waals surface area contributed by atoms with Crippen LogP contribution >= 0.6 is 45.7 Å². The summed E-state index contributed by atoms with van der Waals surface area (Å²) in [6, 6.07) is 0. The van der Waals surface area contributed by atoms with E-state index in [1.165, 1.54) is 0 Å². The van der Waals surface area contributed by atoms with Crippen LogP contribution in [-0.4, -0.2) is 40.2 Å². The second-order valence-electron chi connectivity index (χ2n) is 1.89. The average molecular weight is 371 g/mol. The first-order valence-corrected chi connectivity index (χ1v) is 4.78. The van der Waals surface area contributed by atoms with Crippen molar-refractivity contribution in [1.82, 2.24) is 11.5 Å². The van der Waals surface area contributed by atoms with Gasteiger partial charge >= 0.3 is 0 Å². The van der Waals surface area contributed by atoms with E-state index in [1.807, 2.05) is 10.2 Å². The second kappa shape index (κ2) is 6.98. The van der Waals surface area contributed by atoms with E-state index in [4.69, 9.17) is 5.11 Å². The molecule has 0 aromatic carbocycles. The van der Waals surface area contributed by atoms with E-state index in [0.717, 1.165) is 13.3 Å². The molecule has 0 radical (unpaired) electrons. The van der Waals surface area contributed by atoms with Crippen LogP contribution < -0.4 is 3.53 Å². The molecule has 0 aliphatic heterocycles. The van der Waals surface area contributed by atoms with Crippen molar-refractivity contribution in [2.75, 3.05) is 27.1 Å². The highest BCUT2D eigenvalue weighted by Gasteiger charge is 2.00. The van der Waals surface area contributed by atoms with E-state index in [-0.39, 0.29) is 6.73 Å². The van der Waals surface area contributed by atoms with E-state index in [1.54, 1.807) is 4.90 Å².